The summed E-state index contributed by atoms with van der Waals surface area (Å²) in [7, 11) is 0. The van der Waals surface area contributed by atoms with Gasteiger partial charge in [0.05, 0.1) is 18.8 Å². The van der Waals surface area contributed by atoms with Crippen LogP contribution in [0.3, 0.4) is 0 Å². The van der Waals surface area contributed by atoms with Crippen LogP contribution < -0.4 is 9.47 Å². The van der Waals surface area contributed by atoms with E-state index in [2.05, 4.69) is 0 Å². The first-order chi connectivity index (χ1) is 11.2. The Balaban J connectivity index is 1.63. The maximum absolute atomic E-state index is 13.1. The number of carbonyl (C=O) groups is 1. The Morgan fingerprint density at radius 2 is 1.83 bits per heavy atom. The van der Waals surface area contributed by atoms with Crippen LogP contribution in [0.4, 0.5) is 0 Å². The Labute approximate surface area is 136 Å². The first kappa shape index (κ1) is 14.8. The van der Waals surface area contributed by atoms with Gasteiger partial charge in [0, 0.05) is 12.1 Å². The van der Waals surface area contributed by atoms with Crippen molar-refractivity contribution in [2.24, 2.45) is 0 Å². The summed E-state index contributed by atoms with van der Waals surface area (Å²) in [6, 6.07) is 3.98. The standard InChI is InChI=1S/C18H23NO4/c1-12-10-16-17(23-9-8-22-16)11-13(12)18(20)19-6-7-21-15-5-3-2-4-14(15)19/h10-11,14-15H,2-9H2,1H3/t14-,15-/m1/s1. The maximum Gasteiger partial charge on any atom is 0.254 e. The Morgan fingerprint density at radius 1 is 1.09 bits per heavy atom. The van der Waals surface area contributed by atoms with Gasteiger partial charge in [-0.3, -0.25) is 4.79 Å². The van der Waals surface area contributed by atoms with Crippen LogP contribution in [0.1, 0.15) is 41.6 Å². The van der Waals surface area contributed by atoms with Crippen LogP contribution in [0.2, 0.25) is 0 Å². The first-order valence-corrected chi connectivity index (χ1v) is 8.57. The minimum absolute atomic E-state index is 0.0969. The molecule has 3 aliphatic rings. The summed E-state index contributed by atoms with van der Waals surface area (Å²) in [5.74, 6) is 1.51. The van der Waals surface area contributed by atoms with Crippen molar-refractivity contribution >= 4 is 5.91 Å². The molecule has 1 amide bonds. The lowest BCUT2D eigenvalue weighted by Crippen LogP contribution is -2.54. The fourth-order valence-corrected chi connectivity index (χ4v) is 3.92. The molecule has 1 aromatic carbocycles. The minimum atomic E-state index is 0.0969. The summed E-state index contributed by atoms with van der Waals surface area (Å²) in [4.78, 5) is 15.2. The molecule has 2 atom stereocenters. The van der Waals surface area contributed by atoms with E-state index in [1.165, 1.54) is 12.8 Å². The van der Waals surface area contributed by atoms with Crippen LogP contribution in [0.25, 0.3) is 0 Å². The third-order valence-electron chi connectivity index (χ3n) is 5.11. The van der Waals surface area contributed by atoms with Crippen molar-refractivity contribution in [2.45, 2.75) is 44.8 Å². The van der Waals surface area contributed by atoms with Gasteiger partial charge in [-0.25, -0.2) is 0 Å². The van der Waals surface area contributed by atoms with Gasteiger partial charge in [-0.05, 0) is 37.5 Å². The fourth-order valence-electron chi connectivity index (χ4n) is 3.92. The number of aryl methyl sites for hydroxylation is 1. The van der Waals surface area contributed by atoms with Crippen LogP contribution in [0, 0.1) is 6.92 Å². The number of benzene rings is 1. The molecule has 23 heavy (non-hydrogen) atoms. The molecule has 0 aromatic heterocycles. The van der Waals surface area contributed by atoms with Gasteiger partial charge in [0.2, 0.25) is 0 Å². The highest BCUT2D eigenvalue weighted by Crippen LogP contribution is 2.35. The molecule has 2 heterocycles. The van der Waals surface area contributed by atoms with Crippen molar-refractivity contribution in [1.82, 2.24) is 4.90 Å². The number of carbonyl (C=O) groups excluding carboxylic acids is 1. The Morgan fingerprint density at radius 3 is 2.65 bits per heavy atom. The quantitative estimate of drug-likeness (QED) is 0.799. The summed E-state index contributed by atoms with van der Waals surface area (Å²) < 4.78 is 17.1. The highest BCUT2D eigenvalue weighted by Gasteiger charge is 2.37. The summed E-state index contributed by atoms with van der Waals surface area (Å²) in [6.45, 7) is 4.37. The second-order valence-electron chi connectivity index (χ2n) is 6.57. The lowest BCUT2D eigenvalue weighted by atomic mass is 9.89. The second kappa shape index (κ2) is 6.04. The Bertz CT molecular complexity index is 613. The highest BCUT2D eigenvalue weighted by molar-refractivity contribution is 5.96. The molecule has 2 fully saturated rings. The molecule has 1 aromatic rings. The van der Waals surface area contributed by atoms with E-state index in [4.69, 9.17) is 14.2 Å². The van der Waals surface area contributed by atoms with Crippen LogP contribution >= 0.6 is 0 Å². The molecular formula is C18H23NO4. The van der Waals surface area contributed by atoms with E-state index in [0.29, 0.717) is 32.1 Å². The number of ether oxygens (including phenoxy) is 3. The third kappa shape index (κ3) is 2.67. The summed E-state index contributed by atoms with van der Waals surface area (Å²) >= 11 is 0. The molecular weight excluding hydrogens is 294 g/mol. The predicted molar refractivity (Wildman–Crippen MR) is 85.2 cm³/mol. The molecule has 124 valence electrons. The Kier molecular flexibility index (Phi) is 3.89. The molecule has 0 unspecified atom stereocenters. The van der Waals surface area contributed by atoms with Gasteiger partial charge in [0.15, 0.2) is 11.5 Å². The predicted octanol–water partition coefficient (Wildman–Crippen LogP) is 2.55. The van der Waals surface area contributed by atoms with Gasteiger partial charge >= 0.3 is 0 Å². The van der Waals surface area contributed by atoms with Gasteiger partial charge in [0.25, 0.3) is 5.91 Å². The number of morpholine rings is 1. The van der Waals surface area contributed by atoms with E-state index in [9.17, 15) is 4.79 Å². The first-order valence-electron chi connectivity index (χ1n) is 8.57. The zero-order valence-electron chi connectivity index (χ0n) is 13.5. The third-order valence-corrected chi connectivity index (χ3v) is 5.11. The molecule has 1 saturated heterocycles. The van der Waals surface area contributed by atoms with E-state index in [0.717, 1.165) is 29.7 Å². The van der Waals surface area contributed by atoms with E-state index in [1.807, 2.05) is 24.0 Å². The second-order valence-corrected chi connectivity index (χ2v) is 6.57. The monoisotopic (exact) mass is 317 g/mol. The number of rotatable bonds is 1. The van der Waals surface area contributed by atoms with E-state index < -0.39 is 0 Å². The minimum Gasteiger partial charge on any atom is -0.486 e. The molecule has 1 saturated carbocycles. The van der Waals surface area contributed by atoms with E-state index in [1.54, 1.807) is 0 Å². The number of nitrogens with zero attached hydrogens (tertiary/aromatic N) is 1. The molecule has 1 aliphatic carbocycles. The van der Waals surface area contributed by atoms with Crippen LogP contribution in [-0.2, 0) is 4.74 Å². The average Bonchev–Trinajstić information content (AvgIpc) is 2.60. The zero-order chi connectivity index (χ0) is 15.8. The maximum atomic E-state index is 13.1. The summed E-state index contributed by atoms with van der Waals surface area (Å²) in [5, 5.41) is 0. The van der Waals surface area contributed by atoms with Crippen LogP contribution in [0.15, 0.2) is 12.1 Å². The molecule has 2 aliphatic heterocycles. The molecule has 4 rings (SSSR count). The molecule has 0 N–H and O–H groups in total. The van der Waals surface area contributed by atoms with Gasteiger partial charge in [-0.1, -0.05) is 12.8 Å². The molecule has 0 spiro atoms. The van der Waals surface area contributed by atoms with Gasteiger partial charge in [-0.2, -0.15) is 0 Å². The van der Waals surface area contributed by atoms with Crippen molar-refractivity contribution < 1.29 is 19.0 Å². The highest BCUT2D eigenvalue weighted by atomic mass is 16.6. The van der Waals surface area contributed by atoms with E-state index >= 15 is 0 Å². The van der Waals surface area contributed by atoms with Crippen molar-refractivity contribution in [2.75, 3.05) is 26.4 Å². The smallest absolute Gasteiger partial charge is 0.254 e. The summed E-state index contributed by atoms with van der Waals surface area (Å²) in [6.07, 6.45) is 4.69. The molecule has 0 radical (unpaired) electrons. The zero-order valence-corrected chi connectivity index (χ0v) is 13.5. The van der Waals surface area contributed by atoms with Crippen LogP contribution in [-0.4, -0.2) is 49.3 Å². The van der Waals surface area contributed by atoms with Crippen molar-refractivity contribution in [3.8, 4) is 11.5 Å². The topological polar surface area (TPSA) is 48.0 Å². The molecule has 5 nitrogen and oxygen atoms in total. The Hall–Kier alpha value is -1.75. The average molecular weight is 317 g/mol. The largest absolute Gasteiger partial charge is 0.486 e. The van der Waals surface area contributed by atoms with Crippen molar-refractivity contribution in [3.63, 3.8) is 0 Å². The van der Waals surface area contributed by atoms with E-state index in [-0.39, 0.29) is 18.1 Å². The number of hydrogen-bond donors (Lipinski definition) is 0. The lowest BCUT2D eigenvalue weighted by Gasteiger charge is -2.44. The van der Waals surface area contributed by atoms with Crippen LogP contribution in [0.5, 0.6) is 11.5 Å². The van der Waals surface area contributed by atoms with Crippen molar-refractivity contribution in [1.29, 1.82) is 0 Å². The SMILES string of the molecule is Cc1cc2c(cc1C(=O)N1CCO[C@@H]3CCCC[C@H]31)OCCO2. The van der Waals surface area contributed by atoms with Gasteiger partial charge in [-0.15, -0.1) is 0 Å². The van der Waals surface area contributed by atoms with Gasteiger partial charge in [0.1, 0.15) is 13.2 Å². The lowest BCUT2D eigenvalue weighted by molar-refractivity contribution is -0.0753. The van der Waals surface area contributed by atoms with Crippen molar-refractivity contribution in [3.05, 3.63) is 23.3 Å². The summed E-state index contributed by atoms with van der Waals surface area (Å²) in [5.41, 5.74) is 1.67. The molecule has 5 heteroatoms. The number of fused-ring (bicyclic) bond motifs is 2. The number of amides is 1. The van der Waals surface area contributed by atoms with Gasteiger partial charge < -0.3 is 19.1 Å². The molecule has 0 bridgehead atoms. The fraction of sp³-hybridized carbons (Fsp3) is 0.611. The normalized spacial score (nSPS) is 26.6. The number of hydrogen-bond acceptors (Lipinski definition) is 4.